The summed E-state index contributed by atoms with van der Waals surface area (Å²) in [5, 5.41) is 14.6. The van der Waals surface area contributed by atoms with Crippen LogP contribution in [0.2, 0.25) is 0 Å². The Labute approximate surface area is 241 Å². The van der Waals surface area contributed by atoms with Crippen LogP contribution in [-0.2, 0) is 11.8 Å². The zero-order chi connectivity index (χ0) is 28.8. The van der Waals surface area contributed by atoms with Gasteiger partial charge in [0.2, 0.25) is 11.9 Å². The van der Waals surface area contributed by atoms with Crippen LogP contribution in [-0.4, -0.2) is 53.9 Å². The fraction of sp³-hybridized carbons (Fsp3) is 0.233. The molecule has 1 aliphatic heterocycles. The first kappa shape index (κ1) is 25.6. The summed E-state index contributed by atoms with van der Waals surface area (Å²) in [6, 6.07) is 11.6. The van der Waals surface area contributed by atoms with Crippen LogP contribution in [0.15, 0.2) is 73.4 Å². The highest BCUT2D eigenvalue weighted by atomic mass is 16.5. The second-order valence-electron chi connectivity index (χ2n) is 10.6. The van der Waals surface area contributed by atoms with Gasteiger partial charge in [-0.3, -0.25) is 4.79 Å². The van der Waals surface area contributed by atoms with E-state index < -0.39 is 0 Å². The lowest BCUT2D eigenvalue weighted by atomic mass is 9.96. The molecule has 12 nitrogen and oxygen atoms in total. The molecule has 7 rings (SSSR count). The zero-order valence-electron chi connectivity index (χ0n) is 23.2. The maximum absolute atomic E-state index is 11.9. The summed E-state index contributed by atoms with van der Waals surface area (Å²) in [4.78, 5) is 32.4. The van der Waals surface area contributed by atoms with Crippen molar-refractivity contribution >= 4 is 45.4 Å². The first-order chi connectivity index (χ1) is 20.4. The summed E-state index contributed by atoms with van der Waals surface area (Å²) in [5.74, 6) is 2.96. The fourth-order valence-corrected chi connectivity index (χ4v) is 5.65. The van der Waals surface area contributed by atoms with Gasteiger partial charge in [0.1, 0.15) is 34.4 Å². The number of carbonyl (C=O) groups is 1. The lowest BCUT2D eigenvalue weighted by Gasteiger charge is -2.32. The summed E-state index contributed by atoms with van der Waals surface area (Å²) >= 11 is 0. The van der Waals surface area contributed by atoms with Gasteiger partial charge >= 0.3 is 0 Å². The van der Waals surface area contributed by atoms with Crippen LogP contribution in [0, 0.1) is 18.8 Å². The number of nitrogens with one attached hydrogen (secondary N) is 2. The molecular weight excluding hydrogens is 532 g/mol. The Morgan fingerprint density at radius 3 is 2.88 bits per heavy atom. The van der Waals surface area contributed by atoms with Gasteiger partial charge in [-0.2, -0.15) is 0 Å². The Bertz CT molecular complexity index is 1900. The third-order valence-electron chi connectivity index (χ3n) is 7.69. The number of rotatable bonds is 7. The Hall–Kier alpha value is -5.39. The molecular formula is C30H28N10O2. The minimum absolute atomic E-state index is 0.187. The van der Waals surface area contributed by atoms with E-state index in [-0.39, 0.29) is 11.8 Å². The molecule has 1 aliphatic carbocycles. The van der Waals surface area contributed by atoms with E-state index in [0.717, 1.165) is 46.7 Å². The van der Waals surface area contributed by atoms with E-state index in [0.29, 0.717) is 41.0 Å². The Morgan fingerprint density at radius 1 is 1.12 bits per heavy atom. The number of nitrogens with zero attached hydrogens (tertiary/aromatic N) is 8. The number of benzene rings is 2. The van der Waals surface area contributed by atoms with Gasteiger partial charge in [0.25, 0.3) is 0 Å². The number of amides is 1. The van der Waals surface area contributed by atoms with Crippen molar-refractivity contribution in [2.75, 3.05) is 23.3 Å². The minimum Gasteiger partial charge on any atom is -0.457 e. The quantitative estimate of drug-likeness (QED) is 0.279. The lowest BCUT2D eigenvalue weighted by molar-refractivity contribution is -0.115. The molecule has 1 saturated heterocycles. The molecule has 12 heteroatoms. The molecule has 1 amide bonds. The lowest BCUT2D eigenvalue weighted by Crippen LogP contribution is -2.39. The summed E-state index contributed by atoms with van der Waals surface area (Å²) < 4.78 is 7.88. The SMILES string of the molecule is C=CC(=O)NC1=C[C@H]2CC1CN(c1ncc3ncnc(Nc4ccc(Oc5ccc6c(c5)nnn6C)c(C)c4)c3n1)C2. The van der Waals surface area contributed by atoms with Gasteiger partial charge in [0, 0.05) is 43.5 Å². The van der Waals surface area contributed by atoms with Crippen LogP contribution in [0.1, 0.15) is 12.0 Å². The minimum atomic E-state index is -0.187. The molecule has 2 N–H and O–H groups in total. The number of anilines is 3. The number of ether oxygens (including phenoxy) is 1. The Kier molecular flexibility index (Phi) is 6.22. The predicted molar refractivity (Wildman–Crippen MR) is 158 cm³/mol. The van der Waals surface area contributed by atoms with E-state index in [9.17, 15) is 4.79 Å². The van der Waals surface area contributed by atoms with Gasteiger partial charge < -0.3 is 20.3 Å². The number of aromatic nitrogens is 7. The van der Waals surface area contributed by atoms with E-state index in [1.165, 1.54) is 12.4 Å². The first-order valence-corrected chi connectivity index (χ1v) is 13.7. The van der Waals surface area contributed by atoms with Crippen molar-refractivity contribution < 1.29 is 9.53 Å². The molecule has 2 aromatic carbocycles. The molecule has 0 radical (unpaired) electrons. The number of hydrogen-bond acceptors (Lipinski definition) is 10. The van der Waals surface area contributed by atoms with Crippen molar-refractivity contribution in [3.63, 3.8) is 0 Å². The molecule has 1 unspecified atom stereocenters. The maximum atomic E-state index is 11.9. The van der Waals surface area contributed by atoms with Crippen molar-refractivity contribution in [2.45, 2.75) is 13.3 Å². The van der Waals surface area contributed by atoms with E-state index in [2.05, 4.69) is 53.5 Å². The number of carbonyl (C=O) groups excluding carboxylic acids is 1. The van der Waals surface area contributed by atoms with E-state index >= 15 is 0 Å². The van der Waals surface area contributed by atoms with Crippen molar-refractivity contribution in [1.29, 1.82) is 0 Å². The highest BCUT2D eigenvalue weighted by Gasteiger charge is 2.35. The molecule has 3 aromatic heterocycles. The van der Waals surface area contributed by atoms with Gasteiger partial charge in [0.05, 0.1) is 11.7 Å². The van der Waals surface area contributed by atoms with E-state index in [4.69, 9.17) is 9.72 Å². The topological polar surface area (TPSA) is 136 Å². The normalized spacial score (nSPS) is 17.8. The number of piperidine rings is 1. The Morgan fingerprint density at radius 2 is 2.02 bits per heavy atom. The largest absolute Gasteiger partial charge is 0.457 e. The van der Waals surface area contributed by atoms with Gasteiger partial charge in [-0.25, -0.2) is 24.6 Å². The van der Waals surface area contributed by atoms with Crippen LogP contribution in [0.5, 0.6) is 11.5 Å². The monoisotopic (exact) mass is 560 g/mol. The first-order valence-electron chi connectivity index (χ1n) is 13.7. The van der Waals surface area contributed by atoms with Crippen LogP contribution >= 0.6 is 0 Å². The fourth-order valence-electron chi connectivity index (χ4n) is 5.65. The second kappa shape index (κ2) is 10.2. The average Bonchev–Trinajstić information content (AvgIpc) is 3.50. The highest BCUT2D eigenvalue weighted by Crippen LogP contribution is 2.36. The van der Waals surface area contributed by atoms with Gasteiger partial charge in [-0.1, -0.05) is 17.9 Å². The van der Waals surface area contributed by atoms with Crippen molar-refractivity contribution in [2.24, 2.45) is 18.9 Å². The molecule has 2 atom stereocenters. The second-order valence-corrected chi connectivity index (χ2v) is 10.6. The van der Waals surface area contributed by atoms with Gasteiger partial charge in [-0.15, -0.1) is 5.10 Å². The van der Waals surface area contributed by atoms with E-state index in [1.807, 2.05) is 50.4 Å². The molecule has 42 heavy (non-hydrogen) atoms. The molecule has 1 fully saturated rings. The maximum Gasteiger partial charge on any atom is 0.247 e. The number of aryl methyl sites for hydroxylation is 2. The third kappa shape index (κ3) is 4.76. The van der Waals surface area contributed by atoms with Crippen LogP contribution in [0.3, 0.4) is 0 Å². The van der Waals surface area contributed by atoms with Crippen molar-refractivity contribution in [1.82, 2.24) is 40.2 Å². The van der Waals surface area contributed by atoms with Crippen LogP contribution in [0.4, 0.5) is 17.5 Å². The van der Waals surface area contributed by atoms with Crippen LogP contribution < -0.4 is 20.3 Å². The molecule has 210 valence electrons. The van der Waals surface area contributed by atoms with Gasteiger partial charge in [-0.05, 0) is 61.2 Å². The number of fused-ring (bicyclic) bond motifs is 4. The molecule has 0 spiro atoms. The summed E-state index contributed by atoms with van der Waals surface area (Å²) in [6.45, 7) is 7.03. The number of hydrogen-bond donors (Lipinski definition) is 2. The molecule has 2 bridgehead atoms. The molecule has 4 heterocycles. The summed E-state index contributed by atoms with van der Waals surface area (Å²) in [7, 11) is 1.86. The van der Waals surface area contributed by atoms with Crippen LogP contribution in [0.25, 0.3) is 22.1 Å². The van der Waals surface area contributed by atoms with E-state index in [1.54, 1.807) is 10.9 Å². The zero-order valence-corrected chi connectivity index (χ0v) is 23.2. The predicted octanol–water partition coefficient (Wildman–Crippen LogP) is 4.19. The third-order valence-corrected chi connectivity index (χ3v) is 7.69. The summed E-state index contributed by atoms with van der Waals surface area (Å²) in [5.41, 5.74) is 5.73. The standard InChI is InChI=1S/C30H28N10O2/c1-4-27(41)35-22-11-18-10-19(22)15-40(14-18)30-31-13-24-28(36-30)29(33-16-32-24)34-20-5-8-26(17(2)9-20)42-21-6-7-25-23(12-21)37-38-39(25)3/h4-9,11-13,16,18-19H,1,10,14-15H2,2-3H3,(H,35,41)(H,32,33,34)/t18-,19?/m1/s1. The van der Waals surface area contributed by atoms with Crippen molar-refractivity contribution in [3.05, 3.63) is 78.9 Å². The molecule has 0 saturated carbocycles. The Balaban J connectivity index is 1.10. The smallest absolute Gasteiger partial charge is 0.247 e. The molecule has 2 aliphatic rings. The summed E-state index contributed by atoms with van der Waals surface area (Å²) in [6.07, 6.45) is 7.67. The average molecular weight is 561 g/mol. The van der Waals surface area contributed by atoms with Gasteiger partial charge in [0.15, 0.2) is 5.82 Å². The highest BCUT2D eigenvalue weighted by molar-refractivity contribution is 5.88. The molecule has 5 aromatic rings. The van der Waals surface area contributed by atoms with Crippen molar-refractivity contribution in [3.8, 4) is 11.5 Å².